The van der Waals surface area contributed by atoms with Gasteiger partial charge in [-0.2, -0.15) is 5.10 Å². The average molecular weight is 352 g/mol. The SMILES string of the molecule is CCCCC(=O)N/N=C/c1c(O)n(C2CCCCC2)c(=S)[nH]c1=O. The van der Waals surface area contributed by atoms with E-state index >= 15 is 0 Å². The van der Waals surface area contributed by atoms with Crippen molar-refractivity contribution >= 4 is 24.3 Å². The molecule has 0 aromatic carbocycles. The van der Waals surface area contributed by atoms with E-state index < -0.39 is 5.56 Å². The molecule has 1 aromatic heterocycles. The minimum Gasteiger partial charge on any atom is -0.494 e. The van der Waals surface area contributed by atoms with Gasteiger partial charge in [0.15, 0.2) is 4.77 Å². The fraction of sp³-hybridized carbons (Fsp3) is 0.625. The molecule has 2 rings (SSSR count). The molecular formula is C16H24N4O3S. The third-order valence-electron chi connectivity index (χ3n) is 4.23. The van der Waals surface area contributed by atoms with Crippen LogP contribution in [0.3, 0.4) is 0 Å². The van der Waals surface area contributed by atoms with Crippen molar-refractivity contribution < 1.29 is 9.90 Å². The van der Waals surface area contributed by atoms with Crippen LogP contribution >= 0.6 is 12.2 Å². The lowest BCUT2D eigenvalue weighted by Gasteiger charge is -2.25. The summed E-state index contributed by atoms with van der Waals surface area (Å²) in [6, 6.07) is 0.0781. The van der Waals surface area contributed by atoms with Crippen LogP contribution in [0.1, 0.15) is 69.9 Å². The molecule has 1 aromatic rings. The Kier molecular flexibility index (Phi) is 6.72. The number of carbonyl (C=O) groups excluding carboxylic acids is 1. The number of hydrogen-bond donors (Lipinski definition) is 3. The van der Waals surface area contributed by atoms with Crippen LogP contribution < -0.4 is 11.0 Å². The van der Waals surface area contributed by atoms with Crippen LogP contribution in [0, 0.1) is 4.77 Å². The van der Waals surface area contributed by atoms with Gasteiger partial charge in [0.1, 0.15) is 5.56 Å². The predicted octanol–water partition coefficient (Wildman–Crippen LogP) is 2.76. The zero-order valence-electron chi connectivity index (χ0n) is 13.9. The van der Waals surface area contributed by atoms with Crippen LogP contribution in [-0.2, 0) is 4.79 Å². The van der Waals surface area contributed by atoms with Gasteiger partial charge in [0.25, 0.3) is 5.56 Å². The van der Waals surface area contributed by atoms with Gasteiger partial charge in [-0.05, 0) is 31.5 Å². The van der Waals surface area contributed by atoms with Gasteiger partial charge in [0, 0.05) is 12.5 Å². The summed E-state index contributed by atoms with van der Waals surface area (Å²) < 4.78 is 1.81. The van der Waals surface area contributed by atoms with Crippen LogP contribution in [0.15, 0.2) is 9.90 Å². The maximum atomic E-state index is 12.0. The topological polar surface area (TPSA) is 99.5 Å². The van der Waals surface area contributed by atoms with Gasteiger partial charge in [-0.3, -0.25) is 19.1 Å². The lowest BCUT2D eigenvalue weighted by molar-refractivity contribution is -0.121. The molecule has 1 aliphatic carbocycles. The first-order chi connectivity index (χ1) is 11.5. The Morgan fingerprint density at radius 3 is 2.83 bits per heavy atom. The standard InChI is InChI=1S/C16H24N4O3S/c1-2-3-9-13(21)19-17-10-12-14(22)18-16(24)20(15(12)23)11-7-5-4-6-8-11/h10-11,23H,2-9H2,1H3,(H,19,21)(H,18,22,24)/b17-10+. The number of aromatic hydroxyl groups is 1. The average Bonchev–Trinajstić information content (AvgIpc) is 2.56. The first-order valence-corrected chi connectivity index (χ1v) is 8.85. The molecular weight excluding hydrogens is 328 g/mol. The molecule has 132 valence electrons. The van der Waals surface area contributed by atoms with Crippen molar-refractivity contribution in [3.8, 4) is 5.88 Å². The number of aromatic amines is 1. The van der Waals surface area contributed by atoms with E-state index in [0.29, 0.717) is 6.42 Å². The van der Waals surface area contributed by atoms with Crippen molar-refractivity contribution in [3.05, 3.63) is 20.7 Å². The molecule has 0 unspecified atom stereocenters. The van der Waals surface area contributed by atoms with Crippen molar-refractivity contribution in [2.75, 3.05) is 0 Å². The molecule has 1 fully saturated rings. The highest BCUT2D eigenvalue weighted by Crippen LogP contribution is 2.31. The number of carbonyl (C=O) groups is 1. The highest BCUT2D eigenvalue weighted by atomic mass is 32.1. The van der Waals surface area contributed by atoms with Gasteiger partial charge in [-0.15, -0.1) is 0 Å². The predicted molar refractivity (Wildman–Crippen MR) is 94.9 cm³/mol. The van der Waals surface area contributed by atoms with Crippen molar-refractivity contribution in [3.63, 3.8) is 0 Å². The molecule has 0 saturated heterocycles. The number of hydrazone groups is 1. The van der Waals surface area contributed by atoms with Crippen LogP contribution in [0.5, 0.6) is 5.88 Å². The second-order valence-electron chi connectivity index (χ2n) is 6.06. The van der Waals surface area contributed by atoms with Crippen LogP contribution in [0.2, 0.25) is 0 Å². The number of amides is 1. The van der Waals surface area contributed by atoms with E-state index in [-0.39, 0.29) is 28.2 Å². The lowest BCUT2D eigenvalue weighted by atomic mass is 9.95. The molecule has 1 aliphatic rings. The summed E-state index contributed by atoms with van der Waals surface area (Å²) in [5.74, 6) is -0.411. The molecule has 1 saturated carbocycles. The minimum absolute atomic E-state index is 0.00460. The number of aromatic nitrogens is 2. The van der Waals surface area contributed by atoms with Crippen molar-refractivity contribution in [1.29, 1.82) is 0 Å². The van der Waals surface area contributed by atoms with E-state index in [1.54, 1.807) is 4.57 Å². The van der Waals surface area contributed by atoms with E-state index in [0.717, 1.165) is 38.5 Å². The summed E-state index contributed by atoms with van der Waals surface area (Å²) in [6.45, 7) is 1.99. The van der Waals surface area contributed by atoms with E-state index in [1.165, 1.54) is 12.6 Å². The first kappa shape index (κ1) is 18.4. The molecule has 24 heavy (non-hydrogen) atoms. The highest BCUT2D eigenvalue weighted by Gasteiger charge is 2.21. The second kappa shape index (κ2) is 8.77. The van der Waals surface area contributed by atoms with Crippen LogP contribution in [0.25, 0.3) is 0 Å². The Hall–Kier alpha value is -1.96. The Morgan fingerprint density at radius 2 is 2.17 bits per heavy atom. The monoisotopic (exact) mass is 352 g/mol. The molecule has 0 atom stereocenters. The van der Waals surface area contributed by atoms with Crippen molar-refractivity contribution in [1.82, 2.24) is 15.0 Å². The summed E-state index contributed by atoms with van der Waals surface area (Å²) in [4.78, 5) is 26.2. The van der Waals surface area contributed by atoms with Crippen molar-refractivity contribution in [2.24, 2.45) is 5.10 Å². The molecule has 8 heteroatoms. The molecule has 1 amide bonds. The quantitative estimate of drug-likeness (QED) is 0.416. The molecule has 0 aliphatic heterocycles. The molecule has 0 bridgehead atoms. The zero-order chi connectivity index (χ0) is 17.5. The summed E-state index contributed by atoms with van der Waals surface area (Å²) in [5, 5.41) is 14.3. The van der Waals surface area contributed by atoms with E-state index in [4.69, 9.17) is 12.2 Å². The zero-order valence-corrected chi connectivity index (χ0v) is 14.7. The van der Waals surface area contributed by atoms with Gasteiger partial charge in [-0.1, -0.05) is 32.6 Å². The highest BCUT2D eigenvalue weighted by molar-refractivity contribution is 7.71. The van der Waals surface area contributed by atoms with Gasteiger partial charge in [0.2, 0.25) is 11.8 Å². The van der Waals surface area contributed by atoms with Gasteiger partial charge < -0.3 is 5.11 Å². The Balaban J connectivity index is 2.22. The van der Waals surface area contributed by atoms with Crippen molar-refractivity contribution in [2.45, 2.75) is 64.3 Å². The Labute approximate surface area is 145 Å². The van der Waals surface area contributed by atoms with Crippen LogP contribution in [0.4, 0.5) is 0 Å². The van der Waals surface area contributed by atoms with E-state index in [1.807, 2.05) is 6.92 Å². The van der Waals surface area contributed by atoms with Gasteiger partial charge in [-0.25, -0.2) is 5.43 Å². The molecule has 1 heterocycles. The summed E-state index contributed by atoms with van der Waals surface area (Å²) in [6.07, 6.45) is 8.39. The number of unbranched alkanes of at least 4 members (excludes halogenated alkanes) is 1. The fourth-order valence-corrected chi connectivity index (χ4v) is 3.24. The van der Waals surface area contributed by atoms with E-state index in [2.05, 4.69) is 15.5 Å². The third kappa shape index (κ3) is 4.53. The normalized spacial score (nSPS) is 15.7. The molecule has 0 spiro atoms. The molecule has 7 nitrogen and oxygen atoms in total. The number of rotatable bonds is 6. The third-order valence-corrected chi connectivity index (χ3v) is 4.53. The van der Waals surface area contributed by atoms with E-state index in [9.17, 15) is 14.7 Å². The Morgan fingerprint density at radius 1 is 1.46 bits per heavy atom. The molecule has 0 radical (unpaired) electrons. The minimum atomic E-state index is -0.517. The molecule has 3 N–H and O–H groups in total. The van der Waals surface area contributed by atoms with Crippen LogP contribution in [-0.4, -0.2) is 26.8 Å². The van der Waals surface area contributed by atoms with Gasteiger partial charge >= 0.3 is 0 Å². The number of H-pyrrole nitrogens is 1. The summed E-state index contributed by atoms with van der Waals surface area (Å²) >= 11 is 5.20. The maximum absolute atomic E-state index is 12.0. The Bertz CT molecular complexity index is 717. The smallest absolute Gasteiger partial charge is 0.264 e. The number of nitrogens with one attached hydrogen (secondary N) is 2. The fourth-order valence-electron chi connectivity index (χ4n) is 2.91. The lowest BCUT2D eigenvalue weighted by Crippen LogP contribution is -2.24. The number of hydrogen-bond acceptors (Lipinski definition) is 5. The summed E-state index contributed by atoms with van der Waals surface area (Å²) in [5.41, 5.74) is 1.85. The maximum Gasteiger partial charge on any atom is 0.264 e. The largest absolute Gasteiger partial charge is 0.494 e. The summed E-state index contributed by atoms with van der Waals surface area (Å²) in [7, 11) is 0. The number of nitrogens with zero attached hydrogens (tertiary/aromatic N) is 2. The second-order valence-corrected chi connectivity index (χ2v) is 6.44. The first-order valence-electron chi connectivity index (χ1n) is 8.44. The van der Waals surface area contributed by atoms with Gasteiger partial charge in [0.05, 0.1) is 6.21 Å².